The SMILES string of the molecule is CC[C@H](C)[C@@H]1NC(=O)[C@H](CCS(C)(=O)=O)N(C)C(=O)C[C@@H](C(=O)N2CCCCC2)N(C)C(=O)[C@H](C2CCCCC2)N(C)C(=O)C2(CCCC2)NC(=O)[C@@H]2CCCN2C(=O)[C@H](CCc2ccc(C(F)(F)F)c(Cl)c2)NC(=O)CN(C)C(=O)[C@H](CC2CCCCC2)N(C)C(=O)CN(C)C(=O)CN(C)C1=O. The molecule has 12 amide bonds. The van der Waals surface area contributed by atoms with Crippen LogP contribution in [0.4, 0.5) is 13.2 Å². The summed E-state index contributed by atoms with van der Waals surface area (Å²) < 4.78 is 67.4. The first-order chi connectivity index (χ1) is 48.5. The number of benzene rings is 1. The van der Waals surface area contributed by atoms with Crippen molar-refractivity contribution in [3.8, 4) is 0 Å². The predicted molar refractivity (Wildman–Crippen MR) is 378 cm³/mol. The number of likely N-dealkylation sites (tertiary alicyclic amines) is 1. The fraction of sp³-hybridized carbons (Fsp3) is 0.750. The average Bonchev–Trinajstić information content (AvgIpc) is 1.11. The molecule has 26 nitrogen and oxygen atoms in total. The number of amides is 12. The molecule has 8 atom stereocenters. The number of rotatable bonds is 12. The average molecular weight is 1490 g/mol. The number of nitrogens with zero attached hydrogens (tertiary/aromatic N) is 9. The first-order valence-corrected chi connectivity index (χ1v) is 39.3. The molecule has 3 N–H and O–H groups in total. The van der Waals surface area contributed by atoms with Crippen LogP contribution < -0.4 is 16.0 Å². The zero-order valence-corrected chi connectivity index (χ0v) is 63.4. The van der Waals surface area contributed by atoms with Crippen LogP contribution in [0.5, 0.6) is 0 Å². The summed E-state index contributed by atoms with van der Waals surface area (Å²) in [6, 6.07) is -6.39. The van der Waals surface area contributed by atoms with E-state index < -0.39 is 195 Å². The van der Waals surface area contributed by atoms with Crippen LogP contribution in [0.2, 0.25) is 5.02 Å². The number of piperidine rings is 1. The van der Waals surface area contributed by atoms with Crippen molar-refractivity contribution in [1.29, 1.82) is 0 Å². The van der Waals surface area contributed by atoms with Crippen molar-refractivity contribution in [2.75, 3.05) is 101 Å². The molecule has 0 unspecified atom stereocenters. The van der Waals surface area contributed by atoms with Gasteiger partial charge in [0.1, 0.15) is 57.7 Å². The van der Waals surface area contributed by atoms with E-state index >= 15 is 28.8 Å². The molecule has 3 saturated carbocycles. The van der Waals surface area contributed by atoms with Crippen LogP contribution in [0, 0.1) is 17.8 Å². The van der Waals surface area contributed by atoms with Crippen LogP contribution in [0.25, 0.3) is 0 Å². The summed E-state index contributed by atoms with van der Waals surface area (Å²) in [6.07, 6.45) is 6.46. The van der Waals surface area contributed by atoms with Crippen LogP contribution in [-0.4, -0.2) is 272 Å². The normalized spacial score (nSPS) is 26.6. The molecule has 3 aliphatic heterocycles. The third kappa shape index (κ3) is 21.6. The highest BCUT2D eigenvalue weighted by Crippen LogP contribution is 2.39. The second kappa shape index (κ2) is 36.7. The first kappa shape index (κ1) is 83.2. The lowest BCUT2D eigenvalue weighted by atomic mass is 9.81. The van der Waals surface area contributed by atoms with Crippen LogP contribution in [0.3, 0.4) is 0 Å². The van der Waals surface area contributed by atoms with Crippen molar-refractivity contribution in [2.45, 2.75) is 228 Å². The van der Waals surface area contributed by atoms with Crippen LogP contribution in [0.1, 0.15) is 179 Å². The Kier molecular flexibility index (Phi) is 29.7. The highest BCUT2D eigenvalue weighted by atomic mass is 35.5. The number of likely N-dealkylation sites (N-methyl/N-ethyl adjacent to an activating group) is 7. The van der Waals surface area contributed by atoms with E-state index in [0.717, 1.165) is 82.9 Å². The Morgan fingerprint density at radius 3 is 1.83 bits per heavy atom. The van der Waals surface area contributed by atoms with Gasteiger partial charge in [-0.2, -0.15) is 13.2 Å². The number of nitrogens with one attached hydrogen (secondary N) is 3. The van der Waals surface area contributed by atoms with Gasteiger partial charge in [0.2, 0.25) is 70.9 Å². The van der Waals surface area contributed by atoms with Gasteiger partial charge < -0.3 is 60.0 Å². The zero-order chi connectivity index (χ0) is 76.0. The Morgan fingerprint density at radius 1 is 0.631 bits per heavy atom. The quantitative estimate of drug-likeness (QED) is 0.253. The summed E-state index contributed by atoms with van der Waals surface area (Å²) in [5, 5.41) is 7.97. The molecule has 3 aliphatic carbocycles. The van der Waals surface area contributed by atoms with Crippen molar-refractivity contribution in [3.63, 3.8) is 0 Å². The summed E-state index contributed by atoms with van der Waals surface area (Å²) in [6.45, 7) is 2.24. The molecular weight excluding hydrogens is 1380 g/mol. The van der Waals surface area contributed by atoms with Gasteiger partial charge in [0.15, 0.2) is 0 Å². The van der Waals surface area contributed by atoms with Gasteiger partial charge in [0.05, 0.1) is 42.4 Å². The van der Waals surface area contributed by atoms with Gasteiger partial charge in [0.25, 0.3) is 0 Å². The van der Waals surface area contributed by atoms with Crippen molar-refractivity contribution >= 4 is 92.3 Å². The largest absolute Gasteiger partial charge is 0.417 e. The van der Waals surface area contributed by atoms with Crippen molar-refractivity contribution < 1.29 is 79.1 Å². The number of carbonyl (C=O) groups excluding carboxylic acids is 12. The number of aryl methyl sites for hydroxylation is 1. The third-order valence-electron chi connectivity index (χ3n) is 22.4. The standard InChI is InChI=1S/C72H110ClF3N12O14S/c1-11-46(2)61-68(98)82(5)44-59(91)80(3)45-60(92)84(7)55(41-47-24-15-12-16-25-47)66(96)81(4)43-57(89)77-52(32-30-48-29-31-50(51(73)40-48)72(74,75)76)65(95)88-38-23-28-54(88)64(94)79-71(34-19-20-35-71)70(100)86(9)62(49-26-17-13-18-27-49)69(99)85(8)56(67(97)87-36-21-14-22-37-87)42-58(90)83(6)53(63(93)78-61)33-39-103(10,101)102/h29,31,40,46-47,49,52-56,61-62H,11-28,30,32-39,41-45H2,1-10H3,(H,77,89)(H,78,93)(H,79,94)/t46-,52-,53-,54-,55-,56-,61-,62-/m0/s1. The maximum atomic E-state index is 15.8. The zero-order valence-electron chi connectivity index (χ0n) is 61.8. The maximum absolute atomic E-state index is 15.8. The maximum Gasteiger partial charge on any atom is 0.417 e. The molecule has 6 aliphatic rings. The number of hydrogen-bond donors (Lipinski definition) is 3. The van der Waals surface area contributed by atoms with Crippen molar-refractivity contribution in [3.05, 3.63) is 34.3 Å². The number of halogens is 4. The smallest absolute Gasteiger partial charge is 0.343 e. The molecule has 0 aromatic heterocycles. The van der Waals surface area contributed by atoms with E-state index in [1.54, 1.807) is 18.7 Å². The monoisotopic (exact) mass is 1490 g/mol. The summed E-state index contributed by atoms with van der Waals surface area (Å²) in [4.78, 5) is 190. The van der Waals surface area contributed by atoms with Gasteiger partial charge in [-0.05, 0) is 119 Å². The minimum atomic E-state index is -4.77. The minimum Gasteiger partial charge on any atom is -0.343 e. The Labute approximate surface area is 609 Å². The molecule has 31 heteroatoms. The van der Waals surface area contributed by atoms with Crippen molar-refractivity contribution in [2.24, 2.45) is 17.8 Å². The first-order valence-electron chi connectivity index (χ1n) is 36.8. The molecule has 576 valence electrons. The molecule has 103 heavy (non-hydrogen) atoms. The lowest BCUT2D eigenvalue weighted by Crippen LogP contribution is -2.65. The van der Waals surface area contributed by atoms with E-state index in [9.17, 15) is 50.4 Å². The lowest BCUT2D eigenvalue weighted by molar-refractivity contribution is -0.157. The Bertz CT molecular complexity index is 3360. The molecule has 3 heterocycles. The predicted octanol–water partition coefficient (Wildman–Crippen LogP) is 4.81. The molecule has 7 rings (SSSR count). The topological polar surface area (TPSA) is 304 Å². The van der Waals surface area contributed by atoms with E-state index in [1.807, 2.05) is 0 Å². The molecular formula is C72H110ClF3N12O14S. The van der Waals surface area contributed by atoms with Gasteiger partial charge in [-0.15, -0.1) is 0 Å². The number of hydrogen-bond acceptors (Lipinski definition) is 14. The summed E-state index contributed by atoms with van der Waals surface area (Å²) in [7, 11) is 5.75. The molecule has 0 radical (unpaired) electrons. The third-order valence-corrected chi connectivity index (χ3v) is 23.7. The van der Waals surface area contributed by atoms with E-state index in [1.165, 1.54) is 75.0 Å². The van der Waals surface area contributed by atoms with E-state index in [2.05, 4.69) is 16.0 Å². The Balaban J connectivity index is 1.30. The molecule has 6 fully saturated rings. The fourth-order valence-corrected chi connectivity index (χ4v) is 16.8. The van der Waals surface area contributed by atoms with E-state index in [4.69, 9.17) is 11.6 Å². The van der Waals surface area contributed by atoms with Crippen molar-refractivity contribution in [1.82, 2.24) is 60.0 Å². The number of fused-ring (bicyclic) bond motifs is 1. The molecule has 1 aromatic carbocycles. The van der Waals surface area contributed by atoms with Crippen LogP contribution in [-0.2, 0) is 80.0 Å². The lowest BCUT2D eigenvalue weighted by Gasteiger charge is -2.43. The van der Waals surface area contributed by atoms with E-state index in [-0.39, 0.29) is 56.6 Å². The summed E-state index contributed by atoms with van der Waals surface area (Å²) in [5.74, 6) is -10.3. The minimum absolute atomic E-state index is 0.00856. The number of alkyl halides is 3. The molecule has 3 saturated heterocycles. The fourth-order valence-electron chi connectivity index (χ4n) is 15.8. The molecule has 1 aromatic rings. The van der Waals surface area contributed by atoms with Crippen LogP contribution >= 0.6 is 11.6 Å². The Hall–Kier alpha value is -7.11. The summed E-state index contributed by atoms with van der Waals surface area (Å²) >= 11 is 6.16. The second-order valence-corrected chi connectivity index (χ2v) is 32.6. The van der Waals surface area contributed by atoms with Crippen LogP contribution in [0.15, 0.2) is 18.2 Å². The van der Waals surface area contributed by atoms with Gasteiger partial charge >= 0.3 is 6.18 Å². The van der Waals surface area contributed by atoms with Gasteiger partial charge in [-0.3, -0.25) is 57.5 Å². The van der Waals surface area contributed by atoms with Gasteiger partial charge in [0, 0.05) is 75.2 Å². The highest BCUT2D eigenvalue weighted by molar-refractivity contribution is 7.90. The molecule has 1 spiro atoms. The number of carbonyl (C=O) groups is 12. The second-order valence-electron chi connectivity index (χ2n) is 30.0. The summed E-state index contributed by atoms with van der Waals surface area (Å²) in [5.41, 5.74) is -2.41. The number of sulfone groups is 1. The van der Waals surface area contributed by atoms with Gasteiger partial charge in [-0.25, -0.2) is 8.42 Å². The van der Waals surface area contributed by atoms with E-state index in [0.29, 0.717) is 77.3 Å². The molecule has 0 bridgehead atoms. The Morgan fingerprint density at radius 2 is 1.22 bits per heavy atom. The highest BCUT2D eigenvalue weighted by Gasteiger charge is 2.52. The van der Waals surface area contributed by atoms with Gasteiger partial charge in [-0.1, -0.05) is 102 Å².